The molecule has 0 aliphatic heterocycles. The zero-order valence-electron chi connectivity index (χ0n) is 11.1. The molecule has 8 heteroatoms. The highest BCUT2D eigenvalue weighted by Gasteiger charge is 2.13. The van der Waals surface area contributed by atoms with E-state index in [-0.39, 0.29) is 19.6 Å². The summed E-state index contributed by atoms with van der Waals surface area (Å²) in [6.45, 7) is -0.381. The SMILES string of the molecule is [B]c1ccc2[nH]cc(NC(=O)OCCC(O)CO)c2c1Cl. The lowest BCUT2D eigenvalue weighted by Gasteiger charge is -2.09. The molecule has 0 spiro atoms. The maximum atomic E-state index is 11.7. The molecule has 0 saturated carbocycles. The standard InChI is InChI=1S/C13H14BClN2O4/c14-8-1-2-9-11(12(8)15)10(5-16-9)17-13(20)21-4-3-7(19)6-18/h1-2,5,7,16,18-19H,3-4,6H2,(H,17,20). The first kappa shape index (κ1) is 15.7. The van der Waals surface area contributed by atoms with Crippen LogP contribution >= 0.6 is 11.6 Å². The number of halogens is 1. The van der Waals surface area contributed by atoms with Gasteiger partial charge in [-0.25, -0.2) is 4.79 Å². The fourth-order valence-corrected chi connectivity index (χ4v) is 2.09. The fraction of sp³-hybridized carbons (Fsp3) is 0.308. The summed E-state index contributed by atoms with van der Waals surface area (Å²) < 4.78 is 4.90. The van der Waals surface area contributed by atoms with Crippen LogP contribution in [0.3, 0.4) is 0 Å². The second-order valence-corrected chi connectivity index (χ2v) is 4.86. The van der Waals surface area contributed by atoms with Crippen molar-refractivity contribution in [2.75, 3.05) is 18.5 Å². The number of rotatable bonds is 5. The molecule has 0 saturated heterocycles. The number of hydrogen-bond donors (Lipinski definition) is 4. The number of nitrogens with one attached hydrogen (secondary N) is 2. The van der Waals surface area contributed by atoms with E-state index in [1.54, 1.807) is 18.3 Å². The minimum absolute atomic E-state index is 0.00815. The van der Waals surface area contributed by atoms with Gasteiger partial charge >= 0.3 is 6.09 Å². The van der Waals surface area contributed by atoms with Crippen molar-refractivity contribution in [2.45, 2.75) is 12.5 Å². The monoisotopic (exact) mass is 308 g/mol. The van der Waals surface area contributed by atoms with Gasteiger partial charge in [-0.3, -0.25) is 5.32 Å². The smallest absolute Gasteiger partial charge is 0.411 e. The molecule has 1 amide bonds. The highest BCUT2D eigenvalue weighted by atomic mass is 35.5. The van der Waals surface area contributed by atoms with Crippen molar-refractivity contribution in [2.24, 2.45) is 0 Å². The molecule has 110 valence electrons. The summed E-state index contributed by atoms with van der Waals surface area (Å²) in [5, 5.41) is 21.3. The Balaban J connectivity index is 2.03. The predicted octanol–water partition coefficient (Wildman–Crippen LogP) is 0.907. The number of hydrogen-bond acceptors (Lipinski definition) is 4. The van der Waals surface area contributed by atoms with Crippen LogP contribution in [0.25, 0.3) is 10.9 Å². The first-order valence-corrected chi connectivity index (χ1v) is 6.68. The van der Waals surface area contributed by atoms with Gasteiger partial charge in [0.2, 0.25) is 0 Å². The average molecular weight is 309 g/mol. The second kappa shape index (κ2) is 6.84. The van der Waals surface area contributed by atoms with Gasteiger partial charge in [0.05, 0.1) is 25.0 Å². The van der Waals surface area contributed by atoms with E-state index < -0.39 is 12.2 Å². The van der Waals surface area contributed by atoms with Crippen LogP contribution < -0.4 is 10.8 Å². The van der Waals surface area contributed by atoms with Crippen molar-refractivity contribution in [3.8, 4) is 0 Å². The molecule has 4 N–H and O–H groups in total. The number of H-pyrrole nitrogens is 1. The second-order valence-electron chi connectivity index (χ2n) is 4.48. The highest BCUT2D eigenvalue weighted by molar-refractivity contribution is 6.49. The van der Waals surface area contributed by atoms with Crippen LogP contribution in [0.1, 0.15) is 6.42 Å². The molecule has 1 aromatic heterocycles. The molecule has 2 aromatic rings. The number of ether oxygens (including phenoxy) is 1. The Bertz CT molecular complexity index is 646. The lowest BCUT2D eigenvalue weighted by Crippen LogP contribution is -2.19. The number of aromatic amines is 1. The van der Waals surface area contributed by atoms with Crippen LogP contribution in [0.5, 0.6) is 0 Å². The minimum Gasteiger partial charge on any atom is -0.449 e. The van der Waals surface area contributed by atoms with E-state index in [0.717, 1.165) is 5.52 Å². The number of aromatic nitrogens is 1. The molecule has 21 heavy (non-hydrogen) atoms. The molecule has 2 rings (SSSR count). The van der Waals surface area contributed by atoms with Crippen LogP contribution in [0, 0.1) is 0 Å². The van der Waals surface area contributed by atoms with E-state index in [9.17, 15) is 4.79 Å². The van der Waals surface area contributed by atoms with Crippen LogP contribution in [-0.4, -0.2) is 48.5 Å². The third kappa shape index (κ3) is 3.69. The van der Waals surface area contributed by atoms with Gasteiger partial charge in [-0.15, -0.1) is 0 Å². The molecular formula is C13H14BClN2O4. The number of carbonyl (C=O) groups is 1. The van der Waals surface area contributed by atoms with Gasteiger partial charge in [0.15, 0.2) is 0 Å². The Morgan fingerprint density at radius 2 is 2.29 bits per heavy atom. The summed E-state index contributed by atoms with van der Waals surface area (Å²) in [6, 6.07) is 3.42. The van der Waals surface area contributed by atoms with Gasteiger partial charge in [0, 0.05) is 28.5 Å². The molecule has 0 bridgehead atoms. The number of aliphatic hydroxyl groups excluding tert-OH is 2. The maximum absolute atomic E-state index is 11.7. The van der Waals surface area contributed by atoms with Gasteiger partial charge in [-0.05, 0) is 6.07 Å². The normalized spacial score (nSPS) is 12.3. The van der Waals surface area contributed by atoms with E-state index in [1.807, 2.05) is 0 Å². The van der Waals surface area contributed by atoms with E-state index in [2.05, 4.69) is 10.3 Å². The van der Waals surface area contributed by atoms with Crippen molar-refractivity contribution in [3.05, 3.63) is 23.4 Å². The van der Waals surface area contributed by atoms with Gasteiger partial charge in [-0.2, -0.15) is 0 Å². The quantitative estimate of drug-likeness (QED) is 0.617. The van der Waals surface area contributed by atoms with Crippen LogP contribution in [-0.2, 0) is 4.74 Å². The average Bonchev–Trinajstić information content (AvgIpc) is 2.86. The highest BCUT2D eigenvalue weighted by Crippen LogP contribution is 2.28. The topological polar surface area (TPSA) is 94.6 Å². The van der Waals surface area contributed by atoms with Crippen molar-refractivity contribution >= 4 is 47.6 Å². The van der Waals surface area contributed by atoms with E-state index >= 15 is 0 Å². The number of carbonyl (C=O) groups excluding carboxylic acids is 1. The van der Waals surface area contributed by atoms with Crippen molar-refractivity contribution in [3.63, 3.8) is 0 Å². The first-order valence-electron chi connectivity index (χ1n) is 6.30. The summed E-state index contributed by atoms with van der Waals surface area (Å²) in [5.74, 6) is 0. The minimum atomic E-state index is -0.903. The van der Waals surface area contributed by atoms with Gasteiger partial charge in [0.1, 0.15) is 7.85 Å². The molecule has 1 atom stereocenters. The van der Waals surface area contributed by atoms with Crippen LogP contribution in [0.2, 0.25) is 5.02 Å². The molecule has 2 radical (unpaired) electrons. The Kier molecular flexibility index (Phi) is 5.11. The number of fused-ring (bicyclic) bond motifs is 1. The number of aliphatic hydroxyl groups is 2. The molecule has 6 nitrogen and oxygen atoms in total. The van der Waals surface area contributed by atoms with Crippen LogP contribution in [0.15, 0.2) is 18.3 Å². The molecule has 0 fully saturated rings. The summed E-state index contributed by atoms with van der Waals surface area (Å²) in [6.07, 6.45) is 0.158. The summed E-state index contributed by atoms with van der Waals surface area (Å²) in [5.41, 5.74) is 1.60. The summed E-state index contributed by atoms with van der Waals surface area (Å²) in [7, 11) is 5.73. The summed E-state index contributed by atoms with van der Waals surface area (Å²) >= 11 is 6.12. The van der Waals surface area contributed by atoms with Crippen molar-refractivity contribution in [1.29, 1.82) is 0 Å². The maximum Gasteiger partial charge on any atom is 0.411 e. The van der Waals surface area contributed by atoms with E-state index in [0.29, 0.717) is 21.6 Å². The van der Waals surface area contributed by atoms with Crippen molar-refractivity contribution in [1.82, 2.24) is 4.98 Å². The number of benzene rings is 1. The lowest BCUT2D eigenvalue weighted by molar-refractivity contribution is 0.0666. The Labute approximate surface area is 127 Å². The largest absolute Gasteiger partial charge is 0.449 e. The van der Waals surface area contributed by atoms with Gasteiger partial charge in [0.25, 0.3) is 0 Å². The number of anilines is 1. The van der Waals surface area contributed by atoms with E-state index in [1.165, 1.54) is 0 Å². The Hall–Kier alpha value is -1.70. The third-order valence-corrected chi connectivity index (χ3v) is 3.35. The Morgan fingerprint density at radius 3 is 3.00 bits per heavy atom. The molecular weight excluding hydrogens is 294 g/mol. The molecule has 1 unspecified atom stereocenters. The predicted molar refractivity (Wildman–Crippen MR) is 81.4 cm³/mol. The van der Waals surface area contributed by atoms with Crippen molar-refractivity contribution < 1.29 is 19.7 Å². The Morgan fingerprint density at radius 1 is 1.52 bits per heavy atom. The van der Waals surface area contributed by atoms with Crippen LogP contribution in [0.4, 0.5) is 10.5 Å². The lowest BCUT2D eigenvalue weighted by atomic mass is 9.94. The first-order chi connectivity index (χ1) is 10.0. The molecule has 0 aliphatic carbocycles. The fourth-order valence-electron chi connectivity index (χ4n) is 1.82. The molecule has 0 aliphatic rings. The zero-order valence-corrected chi connectivity index (χ0v) is 11.9. The third-order valence-electron chi connectivity index (χ3n) is 2.94. The van der Waals surface area contributed by atoms with Gasteiger partial charge in [-0.1, -0.05) is 23.1 Å². The number of amides is 1. The molecule has 1 aromatic carbocycles. The summed E-state index contributed by atoms with van der Waals surface area (Å²) in [4.78, 5) is 14.6. The molecule has 1 heterocycles. The van der Waals surface area contributed by atoms with Gasteiger partial charge < -0.3 is 19.9 Å². The zero-order chi connectivity index (χ0) is 15.4. The van der Waals surface area contributed by atoms with E-state index in [4.69, 9.17) is 34.4 Å².